The Bertz CT molecular complexity index is 1010. The number of anilines is 1. The van der Waals surface area contributed by atoms with Crippen molar-refractivity contribution in [1.82, 2.24) is 0 Å². The number of nitrogens with zero attached hydrogens (tertiary/aromatic N) is 3. The third-order valence-corrected chi connectivity index (χ3v) is 5.43. The average molecular weight is 358 g/mol. The zero-order chi connectivity index (χ0) is 18.5. The van der Waals surface area contributed by atoms with Crippen molar-refractivity contribution in [2.24, 2.45) is 0 Å². The summed E-state index contributed by atoms with van der Waals surface area (Å²) in [4.78, 5) is 13.6. The van der Waals surface area contributed by atoms with E-state index in [1.807, 2.05) is 12.1 Å². The van der Waals surface area contributed by atoms with Gasteiger partial charge < -0.3 is 5.32 Å². The van der Waals surface area contributed by atoms with E-state index in [1.165, 1.54) is 17.4 Å². The van der Waals surface area contributed by atoms with Crippen LogP contribution >= 0.6 is 11.3 Å². The highest BCUT2D eigenvalue weighted by molar-refractivity contribution is 7.16. The van der Waals surface area contributed by atoms with Crippen LogP contribution in [0.25, 0.3) is 6.08 Å². The second-order valence-electron chi connectivity index (χ2n) is 5.88. The molecule has 0 saturated heterocycles. The second-order valence-corrected chi connectivity index (χ2v) is 6.99. The summed E-state index contributed by atoms with van der Waals surface area (Å²) >= 11 is 1.43. The normalized spacial score (nSPS) is 13.0. The maximum absolute atomic E-state index is 12.5. The molecule has 0 saturated carbocycles. The van der Waals surface area contributed by atoms with Gasteiger partial charge in [0.15, 0.2) is 0 Å². The molecule has 0 spiro atoms. The van der Waals surface area contributed by atoms with Gasteiger partial charge in [0, 0.05) is 4.88 Å². The Morgan fingerprint density at radius 1 is 1.08 bits per heavy atom. The Labute approximate surface area is 155 Å². The van der Waals surface area contributed by atoms with Crippen molar-refractivity contribution >= 4 is 28.3 Å². The number of nitriles is 3. The van der Waals surface area contributed by atoms with E-state index < -0.39 is 5.91 Å². The van der Waals surface area contributed by atoms with Gasteiger partial charge in [-0.05, 0) is 55.0 Å². The molecule has 1 aliphatic rings. The summed E-state index contributed by atoms with van der Waals surface area (Å²) in [6, 6.07) is 12.7. The Hall–Kier alpha value is -3.40. The number of amides is 1. The van der Waals surface area contributed by atoms with Crippen molar-refractivity contribution in [2.75, 3.05) is 5.32 Å². The Balaban J connectivity index is 1.85. The third kappa shape index (κ3) is 3.49. The molecule has 0 unspecified atom stereocenters. The topological polar surface area (TPSA) is 100 Å². The second kappa shape index (κ2) is 7.66. The van der Waals surface area contributed by atoms with Crippen LogP contribution in [0.2, 0.25) is 0 Å². The van der Waals surface area contributed by atoms with Crippen LogP contribution in [0, 0.1) is 34.0 Å². The largest absolute Gasteiger partial charge is 0.312 e. The van der Waals surface area contributed by atoms with Crippen LogP contribution in [0.5, 0.6) is 0 Å². The lowest BCUT2D eigenvalue weighted by Crippen LogP contribution is -2.13. The van der Waals surface area contributed by atoms with Crippen LogP contribution in [0.3, 0.4) is 0 Å². The Morgan fingerprint density at radius 3 is 2.46 bits per heavy atom. The molecular weight excluding hydrogens is 344 g/mol. The number of hydrogen-bond donors (Lipinski definition) is 1. The minimum absolute atomic E-state index is 0.0510. The predicted molar refractivity (Wildman–Crippen MR) is 99.1 cm³/mol. The van der Waals surface area contributed by atoms with Gasteiger partial charge in [-0.3, -0.25) is 4.79 Å². The number of nitrogens with one attached hydrogen (secondary N) is 1. The first-order chi connectivity index (χ1) is 12.7. The predicted octanol–water partition coefficient (Wildman–Crippen LogP) is 3.92. The summed E-state index contributed by atoms with van der Waals surface area (Å²) < 4.78 is 0. The number of benzene rings is 1. The van der Waals surface area contributed by atoms with Gasteiger partial charge in [-0.2, -0.15) is 15.8 Å². The first kappa shape index (κ1) is 17.4. The van der Waals surface area contributed by atoms with E-state index >= 15 is 0 Å². The fourth-order valence-electron chi connectivity index (χ4n) is 2.91. The van der Waals surface area contributed by atoms with Crippen molar-refractivity contribution in [3.05, 3.63) is 57.0 Å². The van der Waals surface area contributed by atoms with Crippen molar-refractivity contribution < 1.29 is 4.79 Å². The van der Waals surface area contributed by atoms with Gasteiger partial charge in [-0.1, -0.05) is 12.1 Å². The van der Waals surface area contributed by atoms with E-state index in [1.54, 1.807) is 24.3 Å². The van der Waals surface area contributed by atoms with Gasteiger partial charge in [0.1, 0.15) is 22.7 Å². The zero-order valence-electron chi connectivity index (χ0n) is 13.9. The molecule has 6 heteroatoms. The van der Waals surface area contributed by atoms with Crippen LogP contribution < -0.4 is 5.32 Å². The molecule has 3 rings (SSSR count). The number of carbonyl (C=O) groups excluding carboxylic acids is 1. The summed E-state index contributed by atoms with van der Waals surface area (Å²) in [6.45, 7) is 0. The van der Waals surface area contributed by atoms with E-state index in [0.717, 1.165) is 36.1 Å². The third-order valence-electron chi connectivity index (χ3n) is 4.23. The van der Waals surface area contributed by atoms with Gasteiger partial charge in [0.2, 0.25) is 0 Å². The van der Waals surface area contributed by atoms with Gasteiger partial charge in [0.05, 0.1) is 17.2 Å². The van der Waals surface area contributed by atoms with E-state index in [0.29, 0.717) is 21.7 Å². The van der Waals surface area contributed by atoms with Crippen LogP contribution in [0.15, 0.2) is 29.8 Å². The fraction of sp³-hybridized carbons (Fsp3) is 0.200. The molecule has 1 amide bonds. The Morgan fingerprint density at radius 2 is 1.81 bits per heavy atom. The molecule has 1 aromatic heterocycles. The highest BCUT2D eigenvalue weighted by Gasteiger charge is 2.22. The van der Waals surface area contributed by atoms with E-state index in [4.69, 9.17) is 5.26 Å². The molecule has 26 heavy (non-hydrogen) atoms. The van der Waals surface area contributed by atoms with Gasteiger partial charge >= 0.3 is 0 Å². The first-order valence-corrected chi connectivity index (χ1v) is 8.96. The van der Waals surface area contributed by atoms with E-state index in [-0.39, 0.29) is 5.57 Å². The lowest BCUT2D eigenvalue weighted by molar-refractivity contribution is -0.112. The van der Waals surface area contributed by atoms with Gasteiger partial charge in [-0.25, -0.2) is 0 Å². The summed E-state index contributed by atoms with van der Waals surface area (Å²) in [5.41, 5.74) is 2.67. The SMILES string of the molecule is N#CC(=Cc1ccc(C#N)cc1)C(=O)Nc1sc2c(c1C#N)CCCC2. The Kier molecular flexibility index (Phi) is 5.13. The highest BCUT2D eigenvalue weighted by Crippen LogP contribution is 2.37. The summed E-state index contributed by atoms with van der Waals surface area (Å²) in [7, 11) is 0. The molecule has 0 fully saturated rings. The van der Waals surface area contributed by atoms with Crippen molar-refractivity contribution in [3.63, 3.8) is 0 Å². The maximum Gasteiger partial charge on any atom is 0.266 e. The van der Waals surface area contributed by atoms with E-state index in [2.05, 4.69) is 11.4 Å². The van der Waals surface area contributed by atoms with Crippen LogP contribution in [-0.4, -0.2) is 5.91 Å². The lowest BCUT2D eigenvalue weighted by atomic mass is 9.96. The van der Waals surface area contributed by atoms with Crippen molar-refractivity contribution in [1.29, 1.82) is 15.8 Å². The van der Waals surface area contributed by atoms with Crippen molar-refractivity contribution in [2.45, 2.75) is 25.7 Å². The van der Waals surface area contributed by atoms with Gasteiger partial charge in [0.25, 0.3) is 5.91 Å². The fourth-order valence-corrected chi connectivity index (χ4v) is 4.15. The smallest absolute Gasteiger partial charge is 0.266 e. The molecule has 1 aromatic carbocycles. The summed E-state index contributed by atoms with van der Waals surface area (Å²) in [6.07, 6.45) is 5.39. The number of carbonyl (C=O) groups is 1. The lowest BCUT2D eigenvalue weighted by Gasteiger charge is -2.09. The molecule has 0 radical (unpaired) electrons. The van der Waals surface area contributed by atoms with Crippen LogP contribution in [0.4, 0.5) is 5.00 Å². The molecule has 0 atom stereocenters. The number of fused-ring (bicyclic) bond motifs is 1. The molecule has 126 valence electrons. The molecule has 2 aromatic rings. The minimum Gasteiger partial charge on any atom is -0.312 e. The summed E-state index contributed by atoms with van der Waals surface area (Å²) in [5.74, 6) is -0.535. The van der Waals surface area contributed by atoms with E-state index in [9.17, 15) is 15.3 Å². The molecular formula is C20H14N4OS. The highest BCUT2D eigenvalue weighted by atomic mass is 32.1. The van der Waals surface area contributed by atoms with Gasteiger partial charge in [-0.15, -0.1) is 11.3 Å². The molecule has 5 nitrogen and oxygen atoms in total. The average Bonchev–Trinajstić information content (AvgIpc) is 3.03. The zero-order valence-corrected chi connectivity index (χ0v) is 14.7. The maximum atomic E-state index is 12.5. The molecule has 0 bridgehead atoms. The summed E-state index contributed by atoms with van der Waals surface area (Å²) in [5, 5.41) is 30.9. The molecule has 0 aliphatic heterocycles. The van der Waals surface area contributed by atoms with Crippen LogP contribution in [0.1, 0.15) is 40.0 Å². The molecule has 1 heterocycles. The standard InChI is InChI=1S/C20H14N4OS/c21-10-14-7-5-13(6-8-14)9-15(11-22)19(25)24-20-17(12-23)16-3-1-2-4-18(16)26-20/h5-9H,1-4H2,(H,24,25). The monoisotopic (exact) mass is 358 g/mol. The number of rotatable bonds is 3. The molecule has 1 aliphatic carbocycles. The minimum atomic E-state index is -0.535. The number of hydrogen-bond acceptors (Lipinski definition) is 5. The number of aryl methyl sites for hydroxylation is 1. The first-order valence-electron chi connectivity index (χ1n) is 8.14. The molecule has 1 N–H and O–H groups in total. The van der Waals surface area contributed by atoms with Crippen molar-refractivity contribution in [3.8, 4) is 18.2 Å². The number of thiophene rings is 1. The van der Waals surface area contributed by atoms with Crippen LogP contribution in [-0.2, 0) is 17.6 Å². The quantitative estimate of drug-likeness (QED) is 0.664.